The van der Waals surface area contributed by atoms with Crippen LogP contribution in [0.15, 0.2) is 12.1 Å². The molecular formula is C9H10ClN3O2. The van der Waals surface area contributed by atoms with Gasteiger partial charge in [0.25, 0.3) is 5.69 Å². The second kappa shape index (κ2) is 3.34. The van der Waals surface area contributed by atoms with Crippen LogP contribution >= 0.6 is 11.6 Å². The molecule has 2 rings (SSSR count). The highest BCUT2D eigenvalue weighted by Crippen LogP contribution is 2.38. The molecule has 6 heteroatoms. The third kappa shape index (κ3) is 2.36. The first-order valence-electron chi connectivity index (χ1n) is 4.59. The normalized spacial score (nSPS) is 17.2. The molecule has 0 aliphatic heterocycles. The SMILES string of the molecule is CC1(Nc2cc([N+](=O)[O-])cc(Cl)n2)CC1. The van der Waals surface area contributed by atoms with E-state index in [1.54, 1.807) is 0 Å². The van der Waals surface area contributed by atoms with Gasteiger partial charge in [-0.2, -0.15) is 0 Å². The number of aromatic nitrogens is 1. The number of halogens is 1. The summed E-state index contributed by atoms with van der Waals surface area (Å²) >= 11 is 5.69. The molecule has 1 aliphatic carbocycles. The summed E-state index contributed by atoms with van der Waals surface area (Å²) in [5.41, 5.74) is -0.00676. The highest BCUT2D eigenvalue weighted by Gasteiger charge is 2.37. The monoisotopic (exact) mass is 227 g/mol. The maximum absolute atomic E-state index is 10.6. The van der Waals surface area contributed by atoms with E-state index >= 15 is 0 Å². The topological polar surface area (TPSA) is 68.1 Å². The van der Waals surface area contributed by atoms with Crippen LogP contribution in [0, 0.1) is 10.1 Å². The standard InChI is InChI=1S/C9H10ClN3O2/c1-9(2-3-9)12-8-5-6(13(14)15)4-7(10)11-8/h4-5H,2-3H2,1H3,(H,11,12). The first-order chi connectivity index (χ1) is 6.98. The molecule has 1 N–H and O–H groups in total. The Balaban J connectivity index is 2.27. The van der Waals surface area contributed by atoms with E-state index in [1.807, 2.05) is 6.92 Å². The van der Waals surface area contributed by atoms with Gasteiger partial charge in [-0.25, -0.2) is 4.98 Å². The van der Waals surface area contributed by atoms with Crippen LogP contribution in [0.4, 0.5) is 11.5 Å². The van der Waals surface area contributed by atoms with Crippen LogP contribution in [0.25, 0.3) is 0 Å². The summed E-state index contributed by atoms with van der Waals surface area (Å²) in [5.74, 6) is 0.467. The number of hydrogen-bond donors (Lipinski definition) is 1. The van der Waals surface area contributed by atoms with Crippen LogP contribution in [0.5, 0.6) is 0 Å². The Morgan fingerprint density at radius 1 is 1.60 bits per heavy atom. The average molecular weight is 228 g/mol. The second-order valence-electron chi connectivity index (χ2n) is 3.98. The third-order valence-corrected chi connectivity index (χ3v) is 2.61. The van der Waals surface area contributed by atoms with E-state index < -0.39 is 4.92 Å². The molecule has 1 aliphatic rings. The van der Waals surface area contributed by atoms with E-state index in [1.165, 1.54) is 12.1 Å². The first kappa shape index (κ1) is 10.2. The molecule has 1 heterocycles. The van der Waals surface area contributed by atoms with Gasteiger partial charge in [0.15, 0.2) is 0 Å². The molecule has 0 saturated heterocycles. The van der Waals surface area contributed by atoms with E-state index in [9.17, 15) is 10.1 Å². The van der Waals surface area contributed by atoms with Crippen LogP contribution < -0.4 is 5.32 Å². The van der Waals surface area contributed by atoms with Crippen LogP contribution in [-0.2, 0) is 0 Å². The van der Waals surface area contributed by atoms with Crippen molar-refractivity contribution in [2.75, 3.05) is 5.32 Å². The molecule has 1 saturated carbocycles. The lowest BCUT2D eigenvalue weighted by Crippen LogP contribution is -2.16. The molecule has 1 aromatic rings. The maximum Gasteiger partial charge on any atom is 0.276 e. The molecular weight excluding hydrogens is 218 g/mol. The van der Waals surface area contributed by atoms with Gasteiger partial charge in [-0.05, 0) is 19.8 Å². The highest BCUT2D eigenvalue weighted by molar-refractivity contribution is 6.29. The zero-order valence-corrected chi connectivity index (χ0v) is 8.91. The quantitative estimate of drug-likeness (QED) is 0.490. The van der Waals surface area contributed by atoms with Crippen molar-refractivity contribution in [3.05, 3.63) is 27.4 Å². The summed E-state index contributed by atoms with van der Waals surface area (Å²) in [5, 5.41) is 13.8. The first-order valence-corrected chi connectivity index (χ1v) is 4.96. The second-order valence-corrected chi connectivity index (χ2v) is 4.36. The number of rotatable bonds is 3. The van der Waals surface area contributed by atoms with Crippen LogP contribution in [0.2, 0.25) is 5.15 Å². The van der Waals surface area contributed by atoms with Gasteiger partial charge in [0.1, 0.15) is 11.0 Å². The fraction of sp³-hybridized carbons (Fsp3) is 0.444. The zero-order chi connectivity index (χ0) is 11.1. The van der Waals surface area contributed by atoms with Crippen LogP contribution in [-0.4, -0.2) is 15.4 Å². The molecule has 15 heavy (non-hydrogen) atoms. The lowest BCUT2D eigenvalue weighted by molar-refractivity contribution is -0.384. The Labute approximate surface area is 91.6 Å². The lowest BCUT2D eigenvalue weighted by atomic mass is 10.3. The van der Waals surface area contributed by atoms with Crippen LogP contribution in [0.1, 0.15) is 19.8 Å². The van der Waals surface area contributed by atoms with Crippen molar-refractivity contribution >= 4 is 23.1 Å². The van der Waals surface area contributed by atoms with E-state index in [0.29, 0.717) is 5.82 Å². The predicted molar refractivity (Wildman–Crippen MR) is 57.2 cm³/mol. The number of nitrogens with one attached hydrogen (secondary N) is 1. The van der Waals surface area contributed by atoms with Gasteiger partial charge in [-0.15, -0.1) is 0 Å². The van der Waals surface area contributed by atoms with E-state index in [2.05, 4.69) is 10.3 Å². The summed E-state index contributed by atoms with van der Waals surface area (Å²) in [4.78, 5) is 14.1. The van der Waals surface area contributed by atoms with Gasteiger partial charge in [0.2, 0.25) is 0 Å². The molecule has 5 nitrogen and oxygen atoms in total. The van der Waals surface area contributed by atoms with E-state index in [-0.39, 0.29) is 16.4 Å². The fourth-order valence-electron chi connectivity index (χ4n) is 1.27. The largest absolute Gasteiger partial charge is 0.365 e. The summed E-state index contributed by atoms with van der Waals surface area (Å²) in [6, 6.07) is 2.64. The van der Waals surface area contributed by atoms with Gasteiger partial charge in [0, 0.05) is 5.54 Å². The maximum atomic E-state index is 10.6. The molecule has 0 amide bonds. The van der Waals surface area contributed by atoms with Crippen molar-refractivity contribution in [1.82, 2.24) is 4.98 Å². The number of anilines is 1. The molecule has 0 atom stereocenters. The van der Waals surface area contributed by atoms with Gasteiger partial charge < -0.3 is 5.32 Å². The number of nitrogens with zero attached hydrogens (tertiary/aromatic N) is 2. The Morgan fingerprint density at radius 3 is 2.80 bits per heavy atom. The van der Waals surface area contributed by atoms with Crippen LogP contribution in [0.3, 0.4) is 0 Å². The molecule has 0 spiro atoms. The Kier molecular flexibility index (Phi) is 2.26. The van der Waals surface area contributed by atoms with E-state index in [0.717, 1.165) is 12.8 Å². The van der Waals surface area contributed by atoms with E-state index in [4.69, 9.17) is 11.6 Å². The third-order valence-electron chi connectivity index (χ3n) is 2.42. The molecule has 0 bridgehead atoms. The zero-order valence-electron chi connectivity index (χ0n) is 8.16. The molecule has 0 unspecified atom stereocenters. The molecule has 1 aromatic heterocycles. The van der Waals surface area contributed by atoms with Crippen molar-refractivity contribution in [2.24, 2.45) is 0 Å². The van der Waals surface area contributed by atoms with Crippen molar-refractivity contribution in [1.29, 1.82) is 0 Å². The molecule has 0 aromatic carbocycles. The molecule has 0 radical (unpaired) electrons. The van der Waals surface area contributed by atoms with Crippen molar-refractivity contribution in [2.45, 2.75) is 25.3 Å². The van der Waals surface area contributed by atoms with Gasteiger partial charge >= 0.3 is 0 Å². The number of nitro groups is 1. The summed E-state index contributed by atoms with van der Waals surface area (Å²) in [6.07, 6.45) is 2.10. The predicted octanol–water partition coefficient (Wildman–Crippen LogP) is 2.61. The molecule has 80 valence electrons. The lowest BCUT2D eigenvalue weighted by Gasteiger charge is -2.11. The summed E-state index contributed by atoms with van der Waals surface area (Å²) in [6.45, 7) is 2.04. The van der Waals surface area contributed by atoms with Crippen molar-refractivity contribution < 1.29 is 4.92 Å². The minimum atomic E-state index is -0.478. The number of pyridine rings is 1. The highest BCUT2D eigenvalue weighted by atomic mass is 35.5. The Bertz CT molecular complexity index is 418. The smallest absolute Gasteiger partial charge is 0.276 e. The molecule has 1 fully saturated rings. The minimum absolute atomic E-state index is 0.0333. The Hall–Kier alpha value is -1.36. The average Bonchev–Trinajstić information content (AvgIpc) is 2.81. The fourth-order valence-corrected chi connectivity index (χ4v) is 1.48. The Morgan fingerprint density at radius 2 is 2.27 bits per heavy atom. The van der Waals surface area contributed by atoms with Gasteiger partial charge in [0.05, 0.1) is 17.1 Å². The minimum Gasteiger partial charge on any atom is -0.365 e. The van der Waals surface area contributed by atoms with Crippen molar-refractivity contribution in [3.63, 3.8) is 0 Å². The summed E-state index contributed by atoms with van der Waals surface area (Å²) in [7, 11) is 0. The number of hydrogen-bond acceptors (Lipinski definition) is 4. The van der Waals surface area contributed by atoms with Gasteiger partial charge in [-0.1, -0.05) is 11.6 Å². The summed E-state index contributed by atoms with van der Waals surface area (Å²) < 4.78 is 0. The van der Waals surface area contributed by atoms with Gasteiger partial charge in [-0.3, -0.25) is 10.1 Å². The van der Waals surface area contributed by atoms with Crippen molar-refractivity contribution in [3.8, 4) is 0 Å².